The predicted octanol–water partition coefficient (Wildman–Crippen LogP) is 5.88. The number of para-hydroxylation sites is 1. The van der Waals surface area contributed by atoms with Crippen molar-refractivity contribution in [3.63, 3.8) is 0 Å². The van der Waals surface area contributed by atoms with Crippen LogP contribution in [0.1, 0.15) is 21.5 Å². The van der Waals surface area contributed by atoms with Crippen LogP contribution in [0.25, 0.3) is 21.8 Å². The van der Waals surface area contributed by atoms with E-state index >= 15 is 0 Å². The number of benzene rings is 4. The van der Waals surface area contributed by atoms with Gasteiger partial charge in [0, 0.05) is 35.5 Å². The second kappa shape index (κ2) is 8.81. The molecule has 5 rings (SSSR count). The Morgan fingerprint density at radius 2 is 1.55 bits per heavy atom. The van der Waals surface area contributed by atoms with Crippen LogP contribution < -0.4 is 10.5 Å². The van der Waals surface area contributed by atoms with E-state index in [-0.39, 0.29) is 0 Å². The lowest BCUT2D eigenvalue weighted by molar-refractivity contribution is 0.100. The van der Waals surface area contributed by atoms with Crippen molar-refractivity contribution in [2.24, 2.45) is 5.73 Å². The summed E-state index contributed by atoms with van der Waals surface area (Å²) < 4.78 is 13.5. The number of nitrogens with two attached hydrogens (primary N) is 1. The number of carbonyl (C=O) groups is 1. The molecule has 0 spiro atoms. The van der Waals surface area contributed by atoms with Gasteiger partial charge in [0.05, 0.1) is 12.1 Å². The van der Waals surface area contributed by atoms with E-state index in [0.29, 0.717) is 18.7 Å². The number of ether oxygens (including phenoxy) is 2. The molecule has 4 aromatic carbocycles. The van der Waals surface area contributed by atoms with Crippen molar-refractivity contribution in [3.8, 4) is 11.5 Å². The molecule has 0 aliphatic carbocycles. The SMILES string of the molecule is COCc1ccc2c3c(C(N)=O)cccc3n(Cc3ccc(Oc4ccccc4)cc3)c2c1. The van der Waals surface area contributed by atoms with Crippen molar-refractivity contribution < 1.29 is 14.3 Å². The zero-order valence-corrected chi connectivity index (χ0v) is 18.3. The minimum Gasteiger partial charge on any atom is -0.457 e. The highest BCUT2D eigenvalue weighted by Crippen LogP contribution is 2.33. The van der Waals surface area contributed by atoms with E-state index in [9.17, 15) is 4.79 Å². The lowest BCUT2D eigenvalue weighted by atomic mass is 10.0. The zero-order valence-electron chi connectivity index (χ0n) is 18.3. The maximum absolute atomic E-state index is 12.2. The zero-order chi connectivity index (χ0) is 22.8. The van der Waals surface area contributed by atoms with Crippen LogP contribution in [0.3, 0.4) is 0 Å². The lowest BCUT2D eigenvalue weighted by Crippen LogP contribution is -2.11. The minimum atomic E-state index is -0.428. The highest BCUT2D eigenvalue weighted by atomic mass is 16.5. The molecule has 1 aromatic heterocycles. The first kappa shape index (κ1) is 20.8. The van der Waals surface area contributed by atoms with E-state index in [1.807, 2.05) is 66.7 Å². The Bertz CT molecular complexity index is 1440. The van der Waals surface area contributed by atoms with E-state index in [1.165, 1.54) is 0 Å². The van der Waals surface area contributed by atoms with Crippen LogP contribution in [0.5, 0.6) is 11.5 Å². The number of amides is 1. The minimum absolute atomic E-state index is 0.428. The van der Waals surface area contributed by atoms with Gasteiger partial charge in [-0.25, -0.2) is 0 Å². The third kappa shape index (κ3) is 4.06. The number of primary amides is 1. The van der Waals surface area contributed by atoms with E-state index < -0.39 is 5.91 Å². The van der Waals surface area contributed by atoms with Crippen molar-refractivity contribution in [2.75, 3.05) is 7.11 Å². The van der Waals surface area contributed by atoms with Gasteiger partial charge in [-0.3, -0.25) is 4.79 Å². The lowest BCUT2D eigenvalue weighted by Gasteiger charge is -2.10. The fraction of sp³-hybridized carbons (Fsp3) is 0.107. The number of rotatable bonds is 7. The molecular weight excluding hydrogens is 412 g/mol. The molecule has 164 valence electrons. The van der Waals surface area contributed by atoms with E-state index in [2.05, 4.69) is 22.8 Å². The van der Waals surface area contributed by atoms with E-state index in [1.54, 1.807) is 13.2 Å². The molecule has 5 aromatic rings. The average molecular weight is 437 g/mol. The topological polar surface area (TPSA) is 66.5 Å². The molecule has 1 amide bonds. The van der Waals surface area contributed by atoms with Gasteiger partial charge in [-0.2, -0.15) is 0 Å². The van der Waals surface area contributed by atoms with E-state index in [0.717, 1.165) is 44.4 Å². The maximum atomic E-state index is 12.2. The quantitative estimate of drug-likeness (QED) is 0.346. The van der Waals surface area contributed by atoms with Crippen molar-refractivity contribution >= 4 is 27.7 Å². The molecule has 0 aliphatic heterocycles. The number of carbonyl (C=O) groups excluding carboxylic acids is 1. The average Bonchev–Trinajstić information content (AvgIpc) is 3.14. The molecule has 0 radical (unpaired) electrons. The third-order valence-electron chi connectivity index (χ3n) is 5.77. The standard InChI is InChI=1S/C28H24N2O3/c1-32-18-20-12-15-23-26(16-20)30(25-9-5-8-24(27(23)25)28(29)31)17-19-10-13-22(14-11-19)33-21-6-3-2-4-7-21/h2-16H,17-18H2,1H3,(H2,29,31). The van der Waals surface area contributed by atoms with Crippen LogP contribution in [0.4, 0.5) is 0 Å². The first-order valence-electron chi connectivity index (χ1n) is 10.8. The molecule has 33 heavy (non-hydrogen) atoms. The van der Waals surface area contributed by atoms with Gasteiger partial charge in [-0.05, 0) is 53.6 Å². The number of methoxy groups -OCH3 is 1. The maximum Gasteiger partial charge on any atom is 0.249 e. The van der Waals surface area contributed by atoms with Crippen molar-refractivity contribution in [1.82, 2.24) is 4.57 Å². The fourth-order valence-corrected chi connectivity index (χ4v) is 4.29. The van der Waals surface area contributed by atoms with Crippen molar-refractivity contribution in [1.29, 1.82) is 0 Å². The Labute approximate surface area is 192 Å². The van der Waals surface area contributed by atoms with Crippen LogP contribution in [0.15, 0.2) is 91.0 Å². The van der Waals surface area contributed by atoms with Crippen LogP contribution >= 0.6 is 0 Å². The van der Waals surface area contributed by atoms with Crippen molar-refractivity contribution in [2.45, 2.75) is 13.2 Å². The Kier molecular flexibility index (Phi) is 5.55. The molecule has 0 unspecified atom stereocenters. The van der Waals surface area contributed by atoms with Gasteiger partial charge in [-0.1, -0.05) is 48.5 Å². The summed E-state index contributed by atoms with van der Waals surface area (Å²) in [5.74, 6) is 1.16. The van der Waals surface area contributed by atoms with Gasteiger partial charge in [-0.15, -0.1) is 0 Å². The number of nitrogens with zero attached hydrogens (tertiary/aromatic N) is 1. The van der Waals surface area contributed by atoms with Gasteiger partial charge < -0.3 is 19.8 Å². The summed E-state index contributed by atoms with van der Waals surface area (Å²) in [5.41, 5.74) is 10.4. The fourth-order valence-electron chi connectivity index (χ4n) is 4.29. The third-order valence-corrected chi connectivity index (χ3v) is 5.77. The number of aromatic nitrogens is 1. The highest BCUT2D eigenvalue weighted by Gasteiger charge is 2.17. The Morgan fingerprint density at radius 1 is 0.818 bits per heavy atom. The predicted molar refractivity (Wildman–Crippen MR) is 131 cm³/mol. The Hall–Kier alpha value is -4.09. The highest BCUT2D eigenvalue weighted by molar-refractivity contribution is 6.18. The van der Waals surface area contributed by atoms with Gasteiger partial charge in [0.2, 0.25) is 5.91 Å². The van der Waals surface area contributed by atoms with E-state index in [4.69, 9.17) is 15.2 Å². The molecule has 0 fully saturated rings. The summed E-state index contributed by atoms with van der Waals surface area (Å²) in [4.78, 5) is 12.2. The van der Waals surface area contributed by atoms with Crippen LogP contribution in [0, 0.1) is 0 Å². The second-order valence-electron chi connectivity index (χ2n) is 7.99. The monoisotopic (exact) mass is 436 g/mol. The van der Waals surface area contributed by atoms with Crippen LogP contribution in [0.2, 0.25) is 0 Å². The largest absolute Gasteiger partial charge is 0.457 e. The Balaban J connectivity index is 1.57. The molecule has 1 heterocycles. The molecule has 0 aliphatic rings. The van der Waals surface area contributed by atoms with Gasteiger partial charge in [0.1, 0.15) is 11.5 Å². The molecule has 0 saturated heterocycles. The number of hydrogen-bond acceptors (Lipinski definition) is 3. The molecule has 2 N–H and O–H groups in total. The van der Waals surface area contributed by atoms with Gasteiger partial charge >= 0.3 is 0 Å². The summed E-state index contributed by atoms with van der Waals surface area (Å²) >= 11 is 0. The number of hydrogen-bond donors (Lipinski definition) is 1. The molecule has 0 bridgehead atoms. The summed E-state index contributed by atoms with van der Waals surface area (Å²) in [5, 5.41) is 1.89. The van der Waals surface area contributed by atoms with Crippen molar-refractivity contribution in [3.05, 3.63) is 108 Å². The van der Waals surface area contributed by atoms with Gasteiger partial charge in [0.15, 0.2) is 0 Å². The number of fused-ring (bicyclic) bond motifs is 3. The Morgan fingerprint density at radius 3 is 2.27 bits per heavy atom. The van der Waals surface area contributed by atoms with Crippen LogP contribution in [-0.4, -0.2) is 17.6 Å². The first-order chi connectivity index (χ1) is 16.1. The molecule has 5 heteroatoms. The molecule has 0 saturated carbocycles. The summed E-state index contributed by atoms with van der Waals surface area (Å²) in [6.45, 7) is 1.16. The second-order valence-corrected chi connectivity index (χ2v) is 7.99. The molecular formula is C28H24N2O3. The molecule has 0 atom stereocenters. The smallest absolute Gasteiger partial charge is 0.249 e. The van der Waals surface area contributed by atoms with Gasteiger partial charge in [0.25, 0.3) is 0 Å². The normalized spacial score (nSPS) is 11.2. The first-order valence-corrected chi connectivity index (χ1v) is 10.8. The van der Waals surface area contributed by atoms with Crippen LogP contribution in [-0.2, 0) is 17.9 Å². The summed E-state index contributed by atoms with van der Waals surface area (Å²) in [7, 11) is 1.68. The summed E-state index contributed by atoms with van der Waals surface area (Å²) in [6.07, 6.45) is 0. The molecule has 5 nitrogen and oxygen atoms in total. The summed E-state index contributed by atoms with van der Waals surface area (Å²) in [6, 6.07) is 29.7.